The van der Waals surface area contributed by atoms with Crippen LogP contribution in [0.1, 0.15) is 110 Å². The van der Waals surface area contributed by atoms with Crippen molar-refractivity contribution in [3.8, 4) is 5.75 Å². The fourth-order valence-electron chi connectivity index (χ4n) is 4.14. The third-order valence-corrected chi connectivity index (χ3v) is 6.56. The van der Waals surface area contributed by atoms with E-state index in [0.717, 1.165) is 18.1 Å². The van der Waals surface area contributed by atoms with Crippen molar-refractivity contribution in [2.75, 3.05) is 19.0 Å². The van der Waals surface area contributed by atoms with Gasteiger partial charge in [0.25, 0.3) is 5.91 Å². The number of rotatable bonds is 17. The zero-order chi connectivity index (χ0) is 38.3. The van der Waals surface area contributed by atoms with E-state index in [1.54, 1.807) is 66.9 Å². The standard InChI is InChI=1S/C22H23FN2O2.C16H28O3.2C2H6/c1-4-5-6-20(12-7-16(2)23)27-21-13-9-18(10-14-21)22(26)25-19-11-8-17(3)24-15-19;1-6-9-14(10-7-2)12-19-13(4)11-15(8-3)16(17)18-5;2*1-2/h4,6-16H,1,5H2,2-3H3,(H,25,26);8,11,14H,6-7,9-10,12H2,1-5H3;2*1-2H3/b12-7-,20-6+;13-11+,15-8+;;. The molecule has 1 aromatic heterocycles. The summed E-state index contributed by atoms with van der Waals surface area (Å²) in [5, 5.41) is 2.79. The van der Waals surface area contributed by atoms with Gasteiger partial charge in [0.2, 0.25) is 0 Å². The Hall–Kier alpha value is -4.46. The quantitative estimate of drug-likeness (QED) is 0.0583. The van der Waals surface area contributed by atoms with Crippen molar-refractivity contribution >= 4 is 17.6 Å². The van der Waals surface area contributed by atoms with Gasteiger partial charge >= 0.3 is 5.97 Å². The van der Waals surface area contributed by atoms with E-state index in [2.05, 4.69) is 30.7 Å². The fourth-order valence-corrected chi connectivity index (χ4v) is 4.14. The number of alkyl halides is 1. The van der Waals surface area contributed by atoms with Crippen molar-refractivity contribution in [1.82, 2.24) is 4.98 Å². The Morgan fingerprint density at radius 1 is 1.02 bits per heavy atom. The number of carbonyl (C=O) groups is 2. The molecule has 0 aliphatic rings. The zero-order valence-corrected chi connectivity index (χ0v) is 32.5. The molecule has 1 aromatic carbocycles. The molecule has 0 radical (unpaired) electrons. The van der Waals surface area contributed by atoms with Gasteiger partial charge in [-0.1, -0.05) is 66.5 Å². The highest BCUT2D eigenvalue weighted by Gasteiger charge is 2.10. The molecule has 2 rings (SSSR count). The third kappa shape index (κ3) is 22.2. The number of carbonyl (C=O) groups excluding carboxylic acids is 2. The minimum Gasteiger partial charge on any atom is -0.498 e. The minimum atomic E-state index is -1.07. The number of aryl methyl sites for hydroxylation is 1. The molecule has 278 valence electrons. The number of hydrogen-bond acceptors (Lipinski definition) is 6. The largest absolute Gasteiger partial charge is 0.498 e. The van der Waals surface area contributed by atoms with E-state index in [1.807, 2.05) is 54.5 Å². The van der Waals surface area contributed by atoms with Crippen LogP contribution in [0.4, 0.5) is 10.1 Å². The number of nitrogens with zero attached hydrogens (tertiary/aromatic N) is 1. The Balaban J connectivity index is 0. The van der Waals surface area contributed by atoms with E-state index in [1.165, 1.54) is 45.8 Å². The molecule has 2 aromatic rings. The molecule has 0 aliphatic carbocycles. The molecule has 1 amide bonds. The molecule has 0 saturated carbocycles. The maximum Gasteiger partial charge on any atom is 0.337 e. The Labute approximate surface area is 302 Å². The van der Waals surface area contributed by atoms with E-state index >= 15 is 0 Å². The number of anilines is 1. The Bertz CT molecular complexity index is 1320. The number of pyridine rings is 1. The number of esters is 1. The monoisotopic (exact) mass is 694 g/mol. The molecule has 0 spiro atoms. The lowest BCUT2D eigenvalue weighted by molar-refractivity contribution is -0.135. The van der Waals surface area contributed by atoms with Gasteiger partial charge in [0.05, 0.1) is 36.9 Å². The van der Waals surface area contributed by atoms with E-state index in [4.69, 9.17) is 14.2 Å². The zero-order valence-electron chi connectivity index (χ0n) is 32.5. The first-order valence-corrected chi connectivity index (χ1v) is 17.8. The van der Waals surface area contributed by atoms with Crippen molar-refractivity contribution in [3.05, 3.63) is 114 Å². The number of amides is 1. The molecule has 1 N–H and O–H groups in total. The molecule has 0 aliphatic heterocycles. The van der Waals surface area contributed by atoms with Crippen LogP contribution >= 0.6 is 0 Å². The number of allylic oxidation sites excluding steroid dienone is 6. The molecule has 0 fully saturated rings. The van der Waals surface area contributed by atoms with Crippen molar-refractivity contribution in [2.24, 2.45) is 5.92 Å². The topological polar surface area (TPSA) is 86.8 Å². The summed E-state index contributed by atoms with van der Waals surface area (Å²) < 4.78 is 29.2. The van der Waals surface area contributed by atoms with Gasteiger partial charge in [-0.05, 0) is 114 Å². The van der Waals surface area contributed by atoms with Crippen LogP contribution in [0.25, 0.3) is 0 Å². The van der Waals surface area contributed by atoms with E-state index in [0.29, 0.717) is 40.7 Å². The van der Waals surface area contributed by atoms with Crippen LogP contribution in [0.15, 0.2) is 103 Å². The van der Waals surface area contributed by atoms with Gasteiger partial charge in [0, 0.05) is 11.3 Å². The lowest BCUT2D eigenvalue weighted by atomic mass is 9.99. The molecule has 7 nitrogen and oxygen atoms in total. The molecular weight excluding hydrogens is 631 g/mol. The van der Waals surface area contributed by atoms with E-state index < -0.39 is 6.17 Å². The van der Waals surface area contributed by atoms with Crippen LogP contribution in [0, 0.1) is 12.8 Å². The highest BCUT2D eigenvalue weighted by molar-refractivity contribution is 6.04. The highest BCUT2D eigenvalue weighted by Crippen LogP contribution is 2.19. The first-order chi connectivity index (χ1) is 24.1. The predicted octanol–water partition coefficient (Wildman–Crippen LogP) is 11.7. The van der Waals surface area contributed by atoms with Crippen LogP contribution in [-0.4, -0.2) is 36.7 Å². The summed E-state index contributed by atoms with van der Waals surface area (Å²) in [5.41, 5.74) is 2.53. The number of halogens is 1. The first-order valence-electron chi connectivity index (χ1n) is 17.8. The number of hydrogen-bond donors (Lipinski definition) is 1. The second-order valence-corrected chi connectivity index (χ2v) is 10.7. The van der Waals surface area contributed by atoms with Crippen molar-refractivity contribution < 1.29 is 28.2 Å². The second-order valence-electron chi connectivity index (χ2n) is 10.7. The third-order valence-electron chi connectivity index (χ3n) is 6.56. The lowest BCUT2D eigenvalue weighted by Crippen LogP contribution is -2.12. The number of benzene rings is 1. The fraction of sp³-hybridized carbons (Fsp3) is 0.452. The number of aromatic nitrogens is 1. The molecule has 50 heavy (non-hydrogen) atoms. The lowest BCUT2D eigenvalue weighted by Gasteiger charge is -2.16. The molecule has 8 heteroatoms. The van der Waals surface area contributed by atoms with Crippen LogP contribution in [0.3, 0.4) is 0 Å². The van der Waals surface area contributed by atoms with Crippen molar-refractivity contribution in [2.45, 2.75) is 108 Å². The summed E-state index contributed by atoms with van der Waals surface area (Å²) >= 11 is 0. The van der Waals surface area contributed by atoms with Gasteiger partial charge in [0.1, 0.15) is 17.7 Å². The number of ether oxygens (including phenoxy) is 3. The maximum absolute atomic E-state index is 13.0. The Morgan fingerprint density at radius 2 is 1.64 bits per heavy atom. The first kappa shape index (κ1) is 47.7. The molecule has 0 bridgehead atoms. The second kappa shape index (κ2) is 30.6. The minimum absolute atomic E-state index is 0.235. The average Bonchev–Trinajstić information content (AvgIpc) is 3.13. The molecular formula is C42H63FN2O5. The van der Waals surface area contributed by atoms with Crippen molar-refractivity contribution in [3.63, 3.8) is 0 Å². The number of methoxy groups -OCH3 is 1. The molecule has 1 heterocycles. The van der Waals surface area contributed by atoms with Crippen LogP contribution in [-0.2, 0) is 14.3 Å². The molecule has 1 unspecified atom stereocenters. The summed E-state index contributed by atoms with van der Waals surface area (Å²) in [6.07, 6.45) is 15.9. The van der Waals surface area contributed by atoms with Crippen molar-refractivity contribution in [1.29, 1.82) is 0 Å². The number of nitrogens with one attached hydrogen (secondary N) is 1. The van der Waals surface area contributed by atoms with Gasteiger partial charge in [-0.15, -0.1) is 6.58 Å². The normalized spacial score (nSPS) is 11.9. The maximum atomic E-state index is 13.0. The van der Waals surface area contributed by atoms with E-state index in [-0.39, 0.29) is 11.9 Å². The predicted molar refractivity (Wildman–Crippen MR) is 208 cm³/mol. The van der Waals surface area contributed by atoms with Crippen LogP contribution in [0.2, 0.25) is 0 Å². The Morgan fingerprint density at radius 3 is 2.12 bits per heavy atom. The summed E-state index contributed by atoms with van der Waals surface area (Å²) in [6.45, 7) is 23.8. The summed E-state index contributed by atoms with van der Waals surface area (Å²) in [6, 6.07) is 10.3. The van der Waals surface area contributed by atoms with Gasteiger partial charge in [-0.3, -0.25) is 9.78 Å². The van der Waals surface area contributed by atoms with Gasteiger partial charge in [-0.25, -0.2) is 9.18 Å². The smallest absolute Gasteiger partial charge is 0.337 e. The summed E-state index contributed by atoms with van der Waals surface area (Å²) in [5.74, 6) is 1.86. The molecule has 1 atom stereocenters. The van der Waals surface area contributed by atoms with Crippen LogP contribution < -0.4 is 10.1 Å². The van der Waals surface area contributed by atoms with E-state index in [9.17, 15) is 14.0 Å². The van der Waals surface area contributed by atoms with Gasteiger partial charge < -0.3 is 19.5 Å². The highest BCUT2D eigenvalue weighted by atomic mass is 19.1. The summed E-state index contributed by atoms with van der Waals surface area (Å²) in [7, 11) is 1.38. The SMILES string of the molecule is C/C=C(\C=C(/C)OCC(CCC)CCC)C(=O)OC.C=CC/C=C(\C=C/C(C)F)Oc1ccc(C(=O)Nc2ccc(C)nc2)cc1.CC.CC. The molecule has 0 saturated heterocycles. The summed E-state index contributed by atoms with van der Waals surface area (Å²) in [4.78, 5) is 27.9. The van der Waals surface area contributed by atoms with Crippen LogP contribution in [0.5, 0.6) is 5.75 Å². The van der Waals surface area contributed by atoms with Gasteiger partial charge in [0.15, 0.2) is 0 Å². The van der Waals surface area contributed by atoms with Gasteiger partial charge in [-0.2, -0.15) is 0 Å². The Kier molecular flexibility index (Phi) is 29.2. The average molecular weight is 695 g/mol.